The minimum Gasteiger partial charge on any atom is -0.544 e. The first kappa shape index (κ1) is 23.5. The predicted octanol–water partition coefficient (Wildman–Crippen LogP) is 7.93. The SMILES string of the molecule is CCCC(O[Si](C)(C)C(C)(C)C)c1ccc(O[Si](C)(C)C(C)(C)C)cc1. The van der Waals surface area contributed by atoms with Gasteiger partial charge in [-0.1, -0.05) is 67.0 Å². The van der Waals surface area contributed by atoms with Gasteiger partial charge in [-0.3, -0.25) is 0 Å². The molecule has 1 rings (SSSR count). The van der Waals surface area contributed by atoms with Gasteiger partial charge in [-0.15, -0.1) is 0 Å². The second-order valence-electron chi connectivity index (χ2n) is 10.6. The summed E-state index contributed by atoms with van der Waals surface area (Å²) in [5.41, 5.74) is 1.28. The summed E-state index contributed by atoms with van der Waals surface area (Å²) >= 11 is 0. The fourth-order valence-electron chi connectivity index (χ4n) is 2.29. The maximum Gasteiger partial charge on any atom is 0.250 e. The highest BCUT2D eigenvalue weighted by atomic mass is 28.4. The summed E-state index contributed by atoms with van der Waals surface area (Å²) in [6.07, 6.45) is 2.37. The standard InChI is InChI=1S/C22H42O2Si2/c1-12-13-20(24-26(10,11)22(5,6)7)18-14-16-19(17-15-18)23-25(8,9)21(2,3)4/h14-17,20H,12-13H2,1-11H3. The molecule has 26 heavy (non-hydrogen) atoms. The number of rotatable bonds is 7. The fraction of sp³-hybridized carbons (Fsp3) is 0.727. The molecule has 0 aromatic heterocycles. The average molecular weight is 395 g/mol. The first-order chi connectivity index (χ1) is 11.6. The van der Waals surface area contributed by atoms with E-state index < -0.39 is 16.6 Å². The van der Waals surface area contributed by atoms with Crippen molar-refractivity contribution in [3.8, 4) is 5.75 Å². The Kier molecular flexibility index (Phi) is 7.39. The van der Waals surface area contributed by atoms with Gasteiger partial charge in [0.15, 0.2) is 8.32 Å². The molecule has 0 amide bonds. The number of hydrogen-bond acceptors (Lipinski definition) is 2. The topological polar surface area (TPSA) is 18.5 Å². The lowest BCUT2D eigenvalue weighted by atomic mass is 10.1. The van der Waals surface area contributed by atoms with Gasteiger partial charge < -0.3 is 8.85 Å². The molecule has 1 aromatic rings. The van der Waals surface area contributed by atoms with Crippen LogP contribution in [0.4, 0.5) is 0 Å². The van der Waals surface area contributed by atoms with Gasteiger partial charge in [0.1, 0.15) is 5.75 Å². The second kappa shape index (κ2) is 8.19. The van der Waals surface area contributed by atoms with Gasteiger partial charge in [-0.2, -0.15) is 0 Å². The maximum atomic E-state index is 6.73. The quantitative estimate of drug-likeness (QED) is 0.437. The third kappa shape index (κ3) is 5.96. The zero-order valence-electron chi connectivity index (χ0n) is 19.1. The van der Waals surface area contributed by atoms with Crippen molar-refractivity contribution in [2.24, 2.45) is 0 Å². The highest BCUT2D eigenvalue weighted by Gasteiger charge is 2.40. The van der Waals surface area contributed by atoms with E-state index in [9.17, 15) is 0 Å². The Morgan fingerprint density at radius 1 is 0.808 bits per heavy atom. The van der Waals surface area contributed by atoms with E-state index in [-0.39, 0.29) is 16.2 Å². The van der Waals surface area contributed by atoms with E-state index in [0.29, 0.717) is 0 Å². The van der Waals surface area contributed by atoms with Crippen LogP contribution in [0.2, 0.25) is 36.3 Å². The molecule has 150 valence electrons. The van der Waals surface area contributed by atoms with Crippen molar-refractivity contribution in [3.63, 3.8) is 0 Å². The van der Waals surface area contributed by atoms with Crippen molar-refractivity contribution >= 4 is 16.6 Å². The predicted molar refractivity (Wildman–Crippen MR) is 120 cm³/mol. The molecule has 2 nitrogen and oxygen atoms in total. The highest BCUT2D eigenvalue weighted by Crippen LogP contribution is 2.41. The van der Waals surface area contributed by atoms with Gasteiger partial charge in [0.25, 0.3) is 0 Å². The van der Waals surface area contributed by atoms with Crippen molar-refractivity contribution in [2.75, 3.05) is 0 Å². The third-order valence-corrected chi connectivity index (χ3v) is 15.1. The largest absolute Gasteiger partial charge is 0.544 e. The first-order valence-corrected chi connectivity index (χ1v) is 15.9. The smallest absolute Gasteiger partial charge is 0.250 e. The summed E-state index contributed by atoms with van der Waals surface area (Å²) in [6, 6.07) is 8.67. The zero-order valence-corrected chi connectivity index (χ0v) is 21.1. The van der Waals surface area contributed by atoms with E-state index in [2.05, 4.69) is 98.9 Å². The van der Waals surface area contributed by atoms with Gasteiger partial charge >= 0.3 is 0 Å². The number of hydrogen-bond donors (Lipinski definition) is 0. The van der Waals surface area contributed by atoms with E-state index in [0.717, 1.165) is 18.6 Å². The van der Waals surface area contributed by atoms with Crippen LogP contribution in [-0.2, 0) is 4.43 Å². The minimum atomic E-state index is -1.79. The van der Waals surface area contributed by atoms with Gasteiger partial charge in [0.05, 0.1) is 6.10 Å². The first-order valence-electron chi connectivity index (χ1n) is 10.1. The molecular formula is C22H42O2Si2. The number of benzene rings is 1. The van der Waals surface area contributed by atoms with Crippen LogP contribution in [0.15, 0.2) is 24.3 Å². The Morgan fingerprint density at radius 3 is 1.65 bits per heavy atom. The summed E-state index contributed by atoms with van der Waals surface area (Å²) in [5.74, 6) is 0.989. The van der Waals surface area contributed by atoms with Crippen molar-refractivity contribution < 1.29 is 8.85 Å². The van der Waals surface area contributed by atoms with Gasteiger partial charge in [-0.25, -0.2) is 0 Å². The molecule has 0 saturated carbocycles. The Labute approximate surface area is 165 Å². The Hall–Kier alpha value is -0.586. The summed E-state index contributed by atoms with van der Waals surface area (Å²) in [7, 11) is -3.58. The van der Waals surface area contributed by atoms with Crippen LogP contribution in [0.1, 0.15) is 73.0 Å². The summed E-state index contributed by atoms with van der Waals surface area (Å²) in [5, 5.41) is 0.437. The van der Waals surface area contributed by atoms with E-state index in [1.54, 1.807) is 0 Å². The second-order valence-corrected chi connectivity index (χ2v) is 20.1. The van der Waals surface area contributed by atoms with E-state index in [1.165, 1.54) is 5.56 Å². The van der Waals surface area contributed by atoms with Crippen LogP contribution in [-0.4, -0.2) is 16.6 Å². The molecule has 0 saturated heterocycles. The van der Waals surface area contributed by atoms with Crippen LogP contribution < -0.4 is 4.43 Å². The van der Waals surface area contributed by atoms with Crippen molar-refractivity contribution in [2.45, 2.75) is 104 Å². The molecule has 0 aliphatic carbocycles. The van der Waals surface area contributed by atoms with Crippen LogP contribution in [0.25, 0.3) is 0 Å². The lowest BCUT2D eigenvalue weighted by Gasteiger charge is -2.39. The molecule has 1 unspecified atom stereocenters. The van der Waals surface area contributed by atoms with E-state index >= 15 is 0 Å². The van der Waals surface area contributed by atoms with E-state index in [1.807, 2.05) is 0 Å². The van der Waals surface area contributed by atoms with Crippen molar-refractivity contribution in [3.05, 3.63) is 29.8 Å². The lowest BCUT2D eigenvalue weighted by Crippen LogP contribution is -2.43. The fourth-order valence-corrected chi connectivity index (χ4v) is 4.64. The third-order valence-electron chi connectivity index (χ3n) is 6.23. The monoisotopic (exact) mass is 394 g/mol. The van der Waals surface area contributed by atoms with Gasteiger partial charge in [0.2, 0.25) is 8.32 Å². The molecule has 1 atom stereocenters. The maximum absolute atomic E-state index is 6.73. The Balaban J connectivity index is 2.99. The van der Waals surface area contributed by atoms with Crippen molar-refractivity contribution in [1.82, 2.24) is 0 Å². The Morgan fingerprint density at radius 2 is 1.27 bits per heavy atom. The summed E-state index contributed by atoms with van der Waals surface area (Å²) < 4.78 is 13.2. The van der Waals surface area contributed by atoms with Crippen LogP contribution in [0, 0.1) is 0 Å². The van der Waals surface area contributed by atoms with Crippen LogP contribution >= 0.6 is 0 Å². The van der Waals surface area contributed by atoms with E-state index in [4.69, 9.17) is 8.85 Å². The molecule has 0 heterocycles. The Bertz CT molecular complexity index is 563. The average Bonchev–Trinajstić information content (AvgIpc) is 2.44. The van der Waals surface area contributed by atoms with Gasteiger partial charge in [-0.05, 0) is 60.4 Å². The summed E-state index contributed by atoms with van der Waals surface area (Å²) in [4.78, 5) is 0. The normalized spacial score (nSPS) is 15.0. The molecule has 0 aliphatic rings. The summed E-state index contributed by atoms with van der Waals surface area (Å²) in [6.45, 7) is 25.2. The van der Waals surface area contributed by atoms with Gasteiger partial charge in [0, 0.05) is 0 Å². The molecule has 1 aromatic carbocycles. The minimum absolute atomic E-state index is 0.183. The molecule has 0 radical (unpaired) electrons. The molecule has 0 spiro atoms. The molecule has 0 bridgehead atoms. The van der Waals surface area contributed by atoms with Crippen LogP contribution in [0.3, 0.4) is 0 Å². The molecular weight excluding hydrogens is 352 g/mol. The lowest BCUT2D eigenvalue weighted by molar-refractivity contribution is 0.172. The molecule has 4 heteroatoms. The zero-order chi connectivity index (χ0) is 20.4. The highest BCUT2D eigenvalue weighted by molar-refractivity contribution is 6.75. The molecule has 0 aliphatic heterocycles. The molecule has 0 fully saturated rings. The molecule has 0 N–H and O–H groups in total. The van der Waals surface area contributed by atoms with Crippen LogP contribution in [0.5, 0.6) is 5.75 Å². The van der Waals surface area contributed by atoms with Crippen molar-refractivity contribution in [1.29, 1.82) is 0 Å².